The molecule has 0 aliphatic carbocycles. The number of nitrogens with zero attached hydrogens (tertiary/aromatic N) is 1. The predicted octanol–water partition coefficient (Wildman–Crippen LogP) is 19.1. The average Bonchev–Trinajstić information content (AvgIpc) is 3.97. The summed E-state index contributed by atoms with van der Waals surface area (Å²) in [5.41, 5.74) is 18.3. The van der Waals surface area contributed by atoms with E-state index in [-0.39, 0.29) is 7.43 Å². The molecule has 0 spiro atoms. The van der Waals surface area contributed by atoms with Crippen LogP contribution < -0.4 is 4.90 Å². The second-order valence-electron chi connectivity index (χ2n) is 17.2. The molecule has 2 aromatic heterocycles. The fourth-order valence-electron chi connectivity index (χ4n) is 10.2. The summed E-state index contributed by atoms with van der Waals surface area (Å²) in [5, 5.41) is 6.81. The smallest absolute Gasteiger partial charge is 0.137 e. The number of fused-ring (bicyclic) bond motifs is 7. The summed E-state index contributed by atoms with van der Waals surface area (Å²) in [6.07, 6.45) is 0. The number of para-hydroxylation sites is 2. The molecule has 322 valence electrons. The highest BCUT2D eigenvalue weighted by molar-refractivity contribution is 6.19. The summed E-state index contributed by atoms with van der Waals surface area (Å²) < 4.78 is 12.9. The van der Waals surface area contributed by atoms with Gasteiger partial charge in [0.25, 0.3) is 0 Å². The molecule has 0 amide bonds. The minimum Gasteiger partial charge on any atom is -0.456 e. The molecule has 0 radical (unpaired) electrons. The van der Waals surface area contributed by atoms with E-state index in [1.807, 2.05) is 24.3 Å². The Morgan fingerprint density at radius 2 is 0.574 bits per heavy atom. The Kier molecular flexibility index (Phi) is 10.0. The minimum absolute atomic E-state index is 0. The largest absolute Gasteiger partial charge is 0.456 e. The van der Waals surface area contributed by atoms with Crippen LogP contribution in [-0.2, 0) is 0 Å². The van der Waals surface area contributed by atoms with Crippen LogP contribution >= 0.6 is 0 Å². The first-order valence-corrected chi connectivity index (χ1v) is 22.8. The van der Waals surface area contributed by atoms with Gasteiger partial charge >= 0.3 is 0 Å². The molecular formula is C65H45NO2. The van der Waals surface area contributed by atoms with Crippen LogP contribution in [0.15, 0.2) is 258 Å². The lowest BCUT2D eigenvalue weighted by atomic mass is 9.78. The van der Waals surface area contributed by atoms with Gasteiger partial charge in [0.15, 0.2) is 0 Å². The Morgan fingerprint density at radius 3 is 1.04 bits per heavy atom. The van der Waals surface area contributed by atoms with E-state index < -0.39 is 0 Å². The molecule has 0 unspecified atom stereocenters. The standard InChI is InChI=1S/C64H41NO2.CH4/c1-5-17-43(18-6-1)61-55-36-31-47(39-56(55)62(44-19-7-2-8-20-44)64(46-23-11-4-12-24-46)63(61)45-21-9-3-10-22-45)42-29-32-48(33-30-42)65(49-34-37-53-51-25-13-15-27-57(51)66-59(53)40-49)50-35-38-54-52-26-14-16-28-58(52)67-60(54)41-50;/h1-41H;1H4. The highest BCUT2D eigenvalue weighted by Crippen LogP contribution is 2.52. The fourth-order valence-corrected chi connectivity index (χ4v) is 10.2. The van der Waals surface area contributed by atoms with Gasteiger partial charge in [0, 0.05) is 50.7 Å². The second-order valence-corrected chi connectivity index (χ2v) is 17.2. The fraction of sp³-hybridized carbons (Fsp3) is 0.0154. The molecule has 0 aliphatic heterocycles. The van der Waals surface area contributed by atoms with Gasteiger partial charge in [-0.05, 0) is 121 Å². The molecule has 0 saturated heterocycles. The lowest BCUT2D eigenvalue weighted by molar-refractivity contribution is 0.669. The number of hydrogen-bond acceptors (Lipinski definition) is 3. The van der Waals surface area contributed by atoms with Crippen LogP contribution in [0.5, 0.6) is 0 Å². The van der Waals surface area contributed by atoms with Crippen molar-refractivity contribution in [3.05, 3.63) is 249 Å². The summed E-state index contributed by atoms with van der Waals surface area (Å²) in [5.74, 6) is 0. The van der Waals surface area contributed by atoms with Crippen molar-refractivity contribution in [1.29, 1.82) is 0 Å². The molecule has 3 heteroatoms. The highest BCUT2D eigenvalue weighted by atomic mass is 16.3. The molecule has 68 heavy (non-hydrogen) atoms. The van der Waals surface area contributed by atoms with Gasteiger partial charge in [0.05, 0.1) is 0 Å². The third-order valence-electron chi connectivity index (χ3n) is 13.3. The molecule has 11 aromatic carbocycles. The zero-order chi connectivity index (χ0) is 44.3. The monoisotopic (exact) mass is 871 g/mol. The van der Waals surface area contributed by atoms with Crippen LogP contribution in [-0.4, -0.2) is 0 Å². The number of hydrogen-bond donors (Lipinski definition) is 0. The maximum absolute atomic E-state index is 6.44. The van der Waals surface area contributed by atoms with Crippen molar-refractivity contribution in [3.8, 4) is 55.6 Å². The van der Waals surface area contributed by atoms with E-state index in [1.54, 1.807) is 0 Å². The van der Waals surface area contributed by atoms with Crippen LogP contribution in [0.3, 0.4) is 0 Å². The van der Waals surface area contributed by atoms with Gasteiger partial charge in [0.2, 0.25) is 0 Å². The topological polar surface area (TPSA) is 29.5 Å². The van der Waals surface area contributed by atoms with E-state index in [9.17, 15) is 0 Å². The molecule has 0 atom stereocenters. The van der Waals surface area contributed by atoms with E-state index in [4.69, 9.17) is 8.83 Å². The van der Waals surface area contributed by atoms with Crippen LogP contribution in [0.4, 0.5) is 17.1 Å². The maximum atomic E-state index is 6.44. The van der Waals surface area contributed by atoms with Gasteiger partial charge in [0.1, 0.15) is 22.3 Å². The van der Waals surface area contributed by atoms with Crippen LogP contribution in [0.2, 0.25) is 0 Å². The first-order chi connectivity index (χ1) is 33.2. The molecule has 0 N–H and O–H groups in total. The van der Waals surface area contributed by atoms with E-state index in [2.05, 4.69) is 229 Å². The molecule has 2 heterocycles. The summed E-state index contributed by atoms with van der Waals surface area (Å²) in [4.78, 5) is 2.29. The third-order valence-corrected chi connectivity index (χ3v) is 13.3. The van der Waals surface area contributed by atoms with E-state index in [0.717, 1.165) is 72.1 Å². The van der Waals surface area contributed by atoms with Crippen LogP contribution in [0.25, 0.3) is 110 Å². The SMILES string of the molecule is C.c1ccc(-c2c(-c3ccccc3)c(-c3ccccc3)c3cc(-c4ccc(N(c5ccc6c(c5)oc5ccccc56)c5ccc6c(c5)oc5ccccc56)cc4)ccc3c2-c2ccccc2)cc1. The summed E-state index contributed by atoms with van der Waals surface area (Å²) in [7, 11) is 0. The van der Waals surface area contributed by atoms with Gasteiger partial charge in [-0.25, -0.2) is 0 Å². The van der Waals surface area contributed by atoms with Crippen molar-refractivity contribution in [2.45, 2.75) is 7.43 Å². The molecule has 0 fully saturated rings. The maximum Gasteiger partial charge on any atom is 0.137 e. The lowest BCUT2D eigenvalue weighted by Gasteiger charge is -2.26. The second kappa shape index (κ2) is 16.8. The number of anilines is 3. The van der Waals surface area contributed by atoms with Gasteiger partial charge in [-0.2, -0.15) is 0 Å². The number of furan rings is 2. The molecule has 13 rings (SSSR count). The summed E-state index contributed by atoms with van der Waals surface area (Å²) in [6, 6.07) is 89.1. The van der Waals surface area contributed by atoms with Crippen LogP contribution in [0.1, 0.15) is 7.43 Å². The Morgan fingerprint density at radius 1 is 0.221 bits per heavy atom. The first kappa shape index (κ1) is 40.6. The molecule has 0 saturated carbocycles. The summed E-state index contributed by atoms with van der Waals surface area (Å²) >= 11 is 0. The Balaban J connectivity index is 0.00000480. The predicted molar refractivity (Wildman–Crippen MR) is 287 cm³/mol. The Bertz CT molecular complexity index is 3830. The van der Waals surface area contributed by atoms with Gasteiger partial charge in [-0.1, -0.05) is 189 Å². The Hall–Kier alpha value is -8.92. The van der Waals surface area contributed by atoms with Gasteiger partial charge in [-0.15, -0.1) is 0 Å². The van der Waals surface area contributed by atoms with Crippen molar-refractivity contribution in [2.24, 2.45) is 0 Å². The van der Waals surface area contributed by atoms with Crippen molar-refractivity contribution in [1.82, 2.24) is 0 Å². The van der Waals surface area contributed by atoms with Gasteiger partial charge in [-0.3, -0.25) is 0 Å². The number of rotatable bonds is 8. The highest BCUT2D eigenvalue weighted by Gasteiger charge is 2.25. The minimum atomic E-state index is 0. The zero-order valence-corrected chi connectivity index (χ0v) is 36.4. The lowest BCUT2D eigenvalue weighted by Crippen LogP contribution is -2.09. The van der Waals surface area contributed by atoms with Crippen molar-refractivity contribution in [2.75, 3.05) is 4.90 Å². The van der Waals surface area contributed by atoms with E-state index >= 15 is 0 Å². The van der Waals surface area contributed by atoms with Gasteiger partial charge < -0.3 is 13.7 Å². The van der Waals surface area contributed by atoms with Crippen molar-refractivity contribution < 1.29 is 8.83 Å². The quantitative estimate of drug-likeness (QED) is 0.152. The number of benzene rings is 11. The van der Waals surface area contributed by atoms with Crippen molar-refractivity contribution in [3.63, 3.8) is 0 Å². The molecule has 0 aliphatic rings. The molecule has 0 bridgehead atoms. The van der Waals surface area contributed by atoms with Crippen LogP contribution in [0, 0.1) is 0 Å². The third kappa shape index (κ3) is 6.83. The first-order valence-electron chi connectivity index (χ1n) is 22.8. The van der Waals surface area contributed by atoms with E-state index in [0.29, 0.717) is 0 Å². The summed E-state index contributed by atoms with van der Waals surface area (Å²) in [6.45, 7) is 0. The zero-order valence-electron chi connectivity index (χ0n) is 36.4. The van der Waals surface area contributed by atoms with E-state index in [1.165, 1.54) is 55.3 Å². The molecular weight excluding hydrogens is 827 g/mol. The average molecular weight is 872 g/mol. The molecule has 13 aromatic rings. The Labute approximate surface area is 395 Å². The molecule has 3 nitrogen and oxygen atoms in total. The normalized spacial score (nSPS) is 11.4. The van der Waals surface area contributed by atoms with Crippen molar-refractivity contribution >= 4 is 71.7 Å².